The second-order valence-corrected chi connectivity index (χ2v) is 6.35. The minimum Gasteiger partial charge on any atom is -0.303 e. The van der Waals surface area contributed by atoms with Gasteiger partial charge in [0.15, 0.2) is 0 Å². The van der Waals surface area contributed by atoms with Gasteiger partial charge in [-0.15, -0.1) is 0 Å². The molecule has 3 heteroatoms. The SMILES string of the molecule is CC12CN3CCCN(CCN(CCC3)C1)C2. The average molecular weight is 223 g/mol. The Kier molecular flexibility index (Phi) is 2.94. The second kappa shape index (κ2) is 4.28. The minimum absolute atomic E-state index is 0.511. The lowest BCUT2D eigenvalue weighted by Gasteiger charge is -2.42. The van der Waals surface area contributed by atoms with Crippen LogP contribution in [0.2, 0.25) is 0 Å². The molecule has 3 rings (SSSR count). The molecular formula is C13H25N3. The Morgan fingerprint density at radius 1 is 0.625 bits per heavy atom. The maximum absolute atomic E-state index is 2.72. The molecule has 0 aromatic carbocycles. The van der Waals surface area contributed by atoms with Crippen LogP contribution in [0.5, 0.6) is 0 Å². The molecule has 3 fully saturated rings. The Hall–Kier alpha value is -0.120. The summed E-state index contributed by atoms with van der Waals surface area (Å²) < 4.78 is 0. The zero-order valence-electron chi connectivity index (χ0n) is 10.6. The summed E-state index contributed by atoms with van der Waals surface area (Å²) in [5.74, 6) is 0. The van der Waals surface area contributed by atoms with Crippen molar-refractivity contribution in [2.45, 2.75) is 19.8 Å². The summed E-state index contributed by atoms with van der Waals surface area (Å²) in [5, 5.41) is 0. The summed E-state index contributed by atoms with van der Waals surface area (Å²) in [6, 6.07) is 0. The van der Waals surface area contributed by atoms with Crippen LogP contribution < -0.4 is 0 Å². The van der Waals surface area contributed by atoms with Crippen LogP contribution in [0.4, 0.5) is 0 Å². The molecule has 3 saturated heterocycles. The van der Waals surface area contributed by atoms with Crippen molar-refractivity contribution in [3.05, 3.63) is 0 Å². The lowest BCUT2D eigenvalue weighted by molar-refractivity contribution is 0.0633. The van der Waals surface area contributed by atoms with Gasteiger partial charge in [-0.25, -0.2) is 0 Å². The summed E-state index contributed by atoms with van der Waals surface area (Å²) in [7, 11) is 0. The van der Waals surface area contributed by atoms with Gasteiger partial charge in [0.1, 0.15) is 0 Å². The van der Waals surface area contributed by atoms with Gasteiger partial charge in [-0.05, 0) is 39.0 Å². The third kappa shape index (κ3) is 2.27. The third-order valence-electron chi connectivity index (χ3n) is 4.45. The van der Waals surface area contributed by atoms with Gasteiger partial charge in [0.05, 0.1) is 0 Å². The maximum Gasteiger partial charge on any atom is 0.0110 e. The molecule has 3 heterocycles. The van der Waals surface area contributed by atoms with Crippen LogP contribution >= 0.6 is 0 Å². The first-order chi connectivity index (χ1) is 7.73. The summed E-state index contributed by atoms with van der Waals surface area (Å²) >= 11 is 0. The molecule has 0 aromatic heterocycles. The highest BCUT2D eigenvalue weighted by Gasteiger charge is 2.36. The Labute approximate surface area is 99.4 Å². The second-order valence-electron chi connectivity index (χ2n) is 6.35. The minimum atomic E-state index is 0.511. The van der Waals surface area contributed by atoms with Crippen molar-refractivity contribution in [3.63, 3.8) is 0 Å². The molecule has 3 aliphatic heterocycles. The van der Waals surface area contributed by atoms with E-state index in [1.54, 1.807) is 0 Å². The number of hydrogen-bond acceptors (Lipinski definition) is 3. The molecule has 2 unspecified atom stereocenters. The highest BCUT2D eigenvalue weighted by Crippen LogP contribution is 2.28. The maximum atomic E-state index is 2.72. The topological polar surface area (TPSA) is 9.72 Å². The Bertz CT molecular complexity index is 230. The third-order valence-corrected chi connectivity index (χ3v) is 4.45. The Balaban J connectivity index is 1.86. The van der Waals surface area contributed by atoms with Gasteiger partial charge in [0.2, 0.25) is 0 Å². The zero-order chi connectivity index (χ0) is 11.0. The molecule has 3 aliphatic rings. The molecule has 4 bridgehead atoms. The fraction of sp³-hybridized carbons (Fsp3) is 1.00. The quantitative estimate of drug-likeness (QED) is 0.599. The molecule has 0 radical (unpaired) electrons. The molecule has 0 spiro atoms. The van der Waals surface area contributed by atoms with Crippen molar-refractivity contribution < 1.29 is 0 Å². The van der Waals surface area contributed by atoms with Gasteiger partial charge in [0.25, 0.3) is 0 Å². The van der Waals surface area contributed by atoms with Gasteiger partial charge in [0, 0.05) is 38.1 Å². The Morgan fingerprint density at radius 3 is 1.44 bits per heavy atom. The fourth-order valence-electron chi connectivity index (χ4n) is 3.90. The van der Waals surface area contributed by atoms with E-state index >= 15 is 0 Å². The van der Waals surface area contributed by atoms with E-state index in [2.05, 4.69) is 21.6 Å². The first-order valence-electron chi connectivity index (χ1n) is 6.91. The normalized spacial score (nSPS) is 48.9. The lowest BCUT2D eigenvalue weighted by atomic mass is 9.87. The number of rotatable bonds is 0. The van der Waals surface area contributed by atoms with Crippen LogP contribution in [-0.2, 0) is 0 Å². The van der Waals surface area contributed by atoms with E-state index in [1.165, 1.54) is 71.7 Å². The van der Waals surface area contributed by atoms with Crippen molar-refractivity contribution in [1.29, 1.82) is 0 Å². The van der Waals surface area contributed by atoms with Gasteiger partial charge in [-0.2, -0.15) is 0 Å². The van der Waals surface area contributed by atoms with Crippen LogP contribution in [0.25, 0.3) is 0 Å². The van der Waals surface area contributed by atoms with Crippen LogP contribution in [-0.4, -0.2) is 73.6 Å². The fourth-order valence-corrected chi connectivity index (χ4v) is 3.90. The molecule has 0 aromatic rings. The van der Waals surface area contributed by atoms with Crippen molar-refractivity contribution in [2.24, 2.45) is 5.41 Å². The van der Waals surface area contributed by atoms with Gasteiger partial charge < -0.3 is 14.7 Å². The number of hydrogen-bond donors (Lipinski definition) is 0. The highest BCUT2D eigenvalue weighted by atomic mass is 15.3. The highest BCUT2D eigenvalue weighted by molar-refractivity contribution is 4.91. The monoisotopic (exact) mass is 223 g/mol. The molecule has 0 aliphatic carbocycles. The van der Waals surface area contributed by atoms with E-state index in [-0.39, 0.29) is 0 Å². The molecule has 0 amide bonds. The van der Waals surface area contributed by atoms with Crippen LogP contribution in [0.3, 0.4) is 0 Å². The van der Waals surface area contributed by atoms with Crippen molar-refractivity contribution >= 4 is 0 Å². The van der Waals surface area contributed by atoms with E-state index in [9.17, 15) is 0 Å². The first kappa shape index (κ1) is 11.0. The summed E-state index contributed by atoms with van der Waals surface area (Å²) in [6.45, 7) is 14.4. The largest absolute Gasteiger partial charge is 0.303 e. The number of fused-ring (bicyclic) bond motifs is 3. The van der Waals surface area contributed by atoms with Crippen LogP contribution in [0.1, 0.15) is 19.8 Å². The van der Waals surface area contributed by atoms with E-state index in [4.69, 9.17) is 0 Å². The average Bonchev–Trinajstić information content (AvgIpc) is 2.36. The summed E-state index contributed by atoms with van der Waals surface area (Å²) in [4.78, 5) is 8.14. The van der Waals surface area contributed by atoms with Gasteiger partial charge in [-0.1, -0.05) is 6.92 Å². The van der Waals surface area contributed by atoms with E-state index in [0.717, 1.165) is 0 Å². The lowest BCUT2D eigenvalue weighted by Crippen LogP contribution is -2.51. The first-order valence-corrected chi connectivity index (χ1v) is 6.91. The molecular weight excluding hydrogens is 198 g/mol. The van der Waals surface area contributed by atoms with E-state index in [1.807, 2.05) is 0 Å². The van der Waals surface area contributed by atoms with Crippen LogP contribution in [0, 0.1) is 5.41 Å². The molecule has 2 atom stereocenters. The molecule has 0 N–H and O–H groups in total. The predicted molar refractivity (Wildman–Crippen MR) is 66.7 cm³/mol. The smallest absolute Gasteiger partial charge is 0.0110 e. The van der Waals surface area contributed by atoms with Crippen molar-refractivity contribution in [3.8, 4) is 0 Å². The van der Waals surface area contributed by atoms with Gasteiger partial charge in [-0.3, -0.25) is 0 Å². The number of nitrogens with zero attached hydrogens (tertiary/aromatic N) is 3. The molecule has 3 nitrogen and oxygen atoms in total. The van der Waals surface area contributed by atoms with Crippen LogP contribution in [0.15, 0.2) is 0 Å². The summed E-state index contributed by atoms with van der Waals surface area (Å²) in [5.41, 5.74) is 0.511. The molecule has 0 saturated carbocycles. The van der Waals surface area contributed by atoms with Crippen molar-refractivity contribution in [2.75, 3.05) is 58.9 Å². The standard InChI is InChI=1S/C13H25N3/c1-13-10-14-4-2-6-15(11-13)8-9-16(12-13)7-3-5-14/h2-12H2,1H3. The summed E-state index contributed by atoms with van der Waals surface area (Å²) in [6.07, 6.45) is 2.74. The molecule has 16 heavy (non-hydrogen) atoms. The van der Waals surface area contributed by atoms with Gasteiger partial charge >= 0.3 is 0 Å². The van der Waals surface area contributed by atoms with E-state index < -0.39 is 0 Å². The molecule has 92 valence electrons. The zero-order valence-corrected chi connectivity index (χ0v) is 10.6. The van der Waals surface area contributed by atoms with Crippen molar-refractivity contribution in [1.82, 2.24) is 14.7 Å². The predicted octanol–water partition coefficient (Wildman–Crippen LogP) is 0.720. The van der Waals surface area contributed by atoms with E-state index in [0.29, 0.717) is 5.41 Å². The Morgan fingerprint density at radius 2 is 1.00 bits per heavy atom.